The first-order valence-corrected chi connectivity index (χ1v) is 9.50. The van der Waals surface area contributed by atoms with E-state index in [0.717, 1.165) is 36.0 Å². The van der Waals surface area contributed by atoms with E-state index in [1.54, 1.807) is 11.3 Å². The highest BCUT2D eigenvalue weighted by molar-refractivity contribution is 7.12. The van der Waals surface area contributed by atoms with Gasteiger partial charge in [0.2, 0.25) is 0 Å². The number of thiazole rings is 1. The van der Waals surface area contributed by atoms with E-state index in [9.17, 15) is 0 Å². The van der Waals surface area contributed by atoms with Gasteiger partial charge in [0.05, 0.1) is 12.0 Å². The lowest BCUT2D eigenvalue weighted by Crippen LogP contribution is -1.98. The highest BCUT2D eigenvalue weighted by Gasteiger charge is 2.04. The van der Waals surface area contributed by atoms with Gasteiger partial charge >= 0.3 is 0 Å². The number of hydrogen-bond acceptors (Lipinski definition) is 4. The van der Waals surface area contributed by atoms with E-state index in [2.05, 4.69) is 26.7 Å². The Kier molecular flexibility index (Phi) is 5.12. The second-order valence-corrected chi connectivity index (χ2v) is 6.88. The molecule has 6 heteroatoms. The summed E-state index contributed by atoms with van der Waals surface area (Å²) in [4.78, 5) is 8.66. The van der Waals surface area contributed by atoms with E-state index in [1.165, 1.54) is 5.56 Å². The molecule has 0 aliphatic carbocycles. The molecular weight excluding hydrogens is 344 g/mol. The van der Waals surface area contributed by atoms with Crippen LogP contribution in [0.3, 0.4) is 0 Å². The third kappa shape index (κ3) is 4.21. The molecule has 1 aromatic carbocycles. The Hall–Kier alpha value is -2.86. The van der Waals surface area contributed by atoms with Gasteiger partial charge in [-0.05, 0) is 42.7 Å². The molecule has 5 nitrogen and oxygen atoms in total. The third-order valence-corrected chi connectivity index (χ3v) is 5.02. The monoisotopic (exact) mass is 364 g/mol. The van der Waals surface area contributed by atoms with Gasteiger partial charge in [-0.3, -0.25) is 0 Å². The molecule has 0 saturated heterocycles. The zero-order valence-electron chi connectivity index (χ0n) is 14.4. The predicted molar refractivity (Wildman–Crippen MR) is 103 cm³/mol. The van der Waals surface area contributed by atoms with Crippen LogP contribution in [0.5, 0.6) is 5.75 Å². The molecule has 132 valence electrons. The lowest BCUT2D eigenvalue weighted by atomic mass is 10.1. The molecule has 0 unspecified atom stereocenters. The van der Waals surface area contributed by atoms with Gasteiger partial charge in [-0.25, -0.2) is 9.97 Å². The first-order chi connectivity index (χ1) is 12.9. The van der Waals surface area contributed by atoms with Crippen LogP contribution in [-0.4, -0.2) is 19.1 Å². The van der Waals surface area contributed by atoms with Gasteiger partial charge in [-0.15, -0.1) is 11.3 Å². The van der Waals surface area contributed by atoms with Crippen LogP contribution < -0.4 is 4.74 Å². The summed E-state index contributed by atoms with van der Waals surface area (Å²) in [6, 6.07) is 12.3. The molecule has 4 aromatic rings. The van der Waals surface area contributed by atoms with Gasteiger partial charge in [0.1, 0.15) is 12.4 Å². The average molecular weight is 364 g/mol. The van der Waals surface area contributed by atoms with Crippen LogP contribution in [0.15, 0.2) is 72.9 Å². The smallest absolute Gasteiger partial charge is 0.193 e. The van der Waals surface area contributed by atoms with Crippen molar-refractivity contribution in [1.29, 1.82) is 0 Å². The molecule has 0 amide bonds. The fourth-order valence-electron chi connectivity index (χ4n) is 2.74. The van der Waals surface area contributed by atoms with Crippen molar-refractivity contribution in [3.63, 3.8) is 0 Å². The maximum absolute atomic E-state index is 5.86. The van der Waals surface area contributed by atoms with E-state index >= 15 is 0 Å². The summed E-state index contributed by atoms with van der Waals surface area (Å²) in [5.41, 5.74) is 2.27. The molecule has 0 spiro atoms. The Balaban J connectivity index is 1.26. The van der Waals surface area contributed by atoms with Gasteiger partial charge in [0.15, 0.2) is 5.13 Å². The van der Waals surface area contributed by atoms with Gasteiger partial charge < -0.3 is 13.9 Å². The minimum Gasteiger partial charge on any atom is -0.487 e. The highest BCUT2D eigenvalue weighted by Crippen LogP contribution is 2.18. The highest BCUT2D eigenvalue weighted by atomic mass is 32.1. The number of ether oxygens (including phenoxy) is 1. The summed E-state index contributed by atoms with van der Waals surface area (Å²) in [6.45, 7) is 1.48. The Morgan fingerprint density at radius 1 is 1.04 bits per heavy atom. The molecule has 0 aliphatic rings. The fraction of sp³-hybridized carbons (Fsp3) is 0.200. The van der Waals surface area contributed by atoms with E-state index < -0.39 is 0 Å². The molecule has 0 atom stereocenters. The Morgan fingerprint density at radius 2 is 1.88 bits per heavy atom. The first-order valence-electron chi connectivity index (χ1n) is 8.62. The van der Waals surface area contributed by atoms with Crippen molar-refractivity contribution in [1.82, 2.24) is 19.1 Å². The Labute approximate surface area is 156 Å². The van der Waals surface area contributed by atoms with E-state index in [-0.39, 0.29) is 0 Å². The van der Waals surface area contributed by atoms with Crippen LogP contribution in [-0.2, 0) is 19.6 Å². The van der Waals surface area contributed by atoms with Crippen LogP contribution in [0.1, 0.15) is 17.7 Å². The summed E-state index contributed by atoms with van der Waals surface area (Å²) in [6.07, 6.45) is 11.8. The molecule has 0 fully saturated rings. The van der Waals surface area contributed by atoms with Crippen LogP contribution >= 0.6 is 11.3 Å². The maximum Gasteiger partial charge on any atom is 0.193 e. The molecule has 3 heterocycles. The second kappa shape index (κ2) is 8.01. The number of benzene rings is 1. The SMILES string of the molecule is c1ccn(-c2nc(COc3ccc(CCCn4ccnc4)cc3)cs2)c1. The number of rotatable bonds is 8. The minimum atomic E-state index is 0.484. The minimum absolute atomic E-state index is 0.484. The van der Waals surface area contributed by atoms with Gasteiger partial charge in [0.25, 0.3) is 0 Å². The van der Waals surface area contributed by atoms with Crippen molar-refractivity contribution in [2.45, 2.75) is 26.0 Å². The zero-order chi connectivity index (χ0) is 17.6. The van der Waals surface area contributed by atoms with Gasteiger partial charge in [-0.2, -0.15) is 0 Å². The van der Waals surface area contributed by atoms with E-state index in [0.29, 0.717) is 6.61 Å². The lowest BCUT2D eigenvalue weighted by molar-refractivity contribution is 0.302. The predicted octanol–water partition coefficient (Wildman–Crippen LogP) is 4.34. The van der Waals surface area contributed by atoms with Crippen molar-refractivity contribution >= 4 is 11.3 Å². The number of aromatic nitrogens is 4. The van der Waals surface area contributed by atoms with Crippen molar-refractivity contribution in [2.24, 2.45) is 0 Å². The summed E-state index contributed by atoms with van der Waals surface area (Å²) in [5, 5.41) is 3.00. The quantitative estimate of drug-likeness (QED) is 0.467. The Bertz CT molecular complexity index is 911. The summed E-state index contributed by atoms with van der Waals surface area (Å²) in [7, 11) is 0. The molecule has 0 saturated carbocycles. The standard InChI is InChI=1S/C20H20N4OS/c1-2-12-24(11-1)20-22-18(15-26-20)14-25-19-7-5-17(6-8-19)4-3-10-23-13-9-21-16-23/h1-2,5-9,11-13,15-16H,3-4,10,14H2. The number of imidazole rings is 1. The number of aryl methyl sites for hydroxylation is 2. The van der Waals surface area contributed by atoms with Crippen molar-refractivity contribution in [3.8, 4) is 10.9 Å². The molecule has 0 radical (unpaired) electrons. The fourth-order valence-corrected chi connectivity index (χ4v) is 3.51. The molecular formula is C20H20N4OS. The molecule has 4 rings (SSSR count). The second-order valence-electron chi connectivity index (χ2n) is 6.05. The summed E-state index contributed by atoms with van der Waals surface area (Å²) in [5.74, 6) is 0.874. The van der Waals surface area contributed by atoms with Gasteiger partial charge in [-0.1, -0.05) is 12.1 Å². The summed E-state index contributed by atoms with van der Waals surface area (Å²) >= 11 is 1.62. The van der Waals surface area contributed by atoms with E-state index in [1.807, 2.05) is 65.3 Å². The summed E-state index contributed by atoms with van der Waals surface area (Å²) < 4.78 is 9.97. The average Bonchev–Trinajstić information content (AvgIpc) is 3.42. The van der Waals surface area contributed by atoms with Crippen LogP contribution in [0.2, 0.25) is 0 Å². The van der Waals surface area contributed by atoms with Crippen LogP contribution in [0.25, 0.3) is 5.13 Å². The molecule has 0 bridgehead atoms. The maximum atomic E-state index is 5.86. The zero-order valence-corrected chi connectivity index (χ0v) is 15.2. The third-order valence-electron chi connectivity index (χ3n) is 4.12. The van der Waals surface area contributed by atoms with Gasteiger partial charge in [0, 0.05) is 36.7 Å². The van der Waals surface area contributed by atoms with Crippen molar-refractivity contribution in [2.75, 3.05) is 0 Å². The Morgan fingerprint density at radius 3 is 2.65 bits per heavy atom. The van der Waals surface area contributed by atoms with Crippen LogP contribution in [0, 0.1) is 0 Å². The lowest BCUT2D eigenvalue weighted by Gasteiger charge is -2.06. The molecule has 0 N–H and O–H groups in total. The van der Waals surface area contributed by atoms with Crippen molar-refractivity contribution < 1.29 is 4.74 Å². The number of nitrogens with zero attached hydrogens (tertiary/aromatic N) is 4. The van der Waals surface area contributed by atoms with Crippen LogP contribution in [0.4, 0.5) is 0 Å². The number of hydrogen-bond donors (Lipinski definition) is 0. The normalized spacial score (nSPS) is 10.9. The molecule has 3 aromatic heterocycles. The largest absolute Gasteiger partial charge is 0.487 e. The van der Waals surface area contributed by atoms with E-state index in [4.69, 9.17) is 4.74 Å². The molecule has 26 heavy (non-hydrogen) atoms. The first kappa shape index (κ1) is 16.6. The van der Waals surface area contributed by atoms with Crippen molar-refractivity contribution in [3.05, 3.63) is 84.2 Å². The molecule has 0 aliphatic heterocycles. The topological polar surface area (TPSA) is 44.9 Å².